The molecule has 0 aliphatic carbocycles. The third kappa shape index (κ3) is 3.41. The Kier molecular flexibility index (Phi) is 4.68. The van der Waals surface area contributed by atoms with Crippen LogP contribution in [0.5, 0.6) is 0 Å². The van der Waals surface area contributed by atoms with Gasteiger partial charge in [0.05, 0.1) is 5.52 Å². The van der Waals surface area contributed by atoms with E-state index in [-0.39, 0.29) is 5.91 Å². The van der Waals surface area contributed by atoms with Gasteiger partial charge in [-0.1, -0.05) is 0 Å². The lowest BCUT2D eigenvalue weighted by Crippen LogP contribution is -2.25. The highest BCUT2D eigenvalue weighted by molar-refractivity contribution is 7.98. The molecular weight excluding hydrogens is 260 g/mol. The summed E-state index contributed by atoms with van der Waals surface area (Å²) in [4.78, 5) is 12.0. The number of carbonyl (C=O) groups is 1. The molecule has 0 fully saturated rings. The molecule has 5 nitrogen and oxygen atoms in total. The molecule has 0 unspecified atom stereocenters. The molecule has 102 valence electrons. The van der Waals surface area contributed by atoms with E-state index < -0.39 is 0 Å². The number of benzene rings is 1. The van der Waals surface area contributed by atoms with Gasteiger partial charge in [-0.3, -0.25) is 9.89 Å². The summed E-state index contributed by atoms with van der Waals surface area (Å²) in [6.45, 7) is 0.677. The molecule has 6 heteroatoms. The first-order chi connectivity index (χ1) is 9.22. The number of hydrogen-bond acceptors (Lipinski definition) is 4. The Labute approximate surface area is 116 Å². The molecule has 0 radical (unpaired) electrons. The molecule has 2 aromatic rings. The lowest BCUT2D eigenvalue weighted by atomic mass is 10.2. The summed E-state index contributed by atoms with van der Waals surface area (Å²) in [5.74, 6) is 0.971. The van der Waals surface area contributed by atoms with Crippen LogP contribution in [-0.4, -0.2) is 34.7 Å². The van der Waals surface area contributed by atoms with Gasteiger partial charge in [-0.05, 0) is 43.0 Å². The maximum absolute atomic E-state index is 12.0. The van der Waals surface area contributed by atoms with Crippen molar-refractivity contribution in [3.05, 3.63) is 23.9 Å². The summed E-state index contributed by atoms with van der Waals surface area (Å²) in [6.07, 6.45) is 4.17. The van der Waals surface area contributed by atoms with E-state index in [0.717, 1.165) is 29.5 Å². The minimum Gasteiger partial charge on any atom is -0.399 e. The first-order valence-corrected chi connectivity index (χ1v) is 7.62. The molecule has 1 aromatic heterocycles. The Balaban J connectivity index is 1.99. The molecule has 0 bridgehead atoms. The molecule has 1 amide bonds. The van der Waals surface area contributed by atoms with Crippen molar-refractivity contribution < 1.29 is 4.79 Å². The molecule has 1 heterocycles. The number of amides is 1. The van der Waals surface area contributed by atoms with Crippen molar-refractivity contribution in [1.29, 1.82) is 0 Å². The summed E-state index contributed by atoms with van der Waals surface area (Å²) < 4.78 is 0. The number of rotatable bonds is 6. The molecule has 0 aliphatic heterocycles. The van der Waals surface area contributed by atoms with Gasteiger partial charge in [-0.15, -0.1) is 0 Å². The number of unbranched alkanes of at least 4 members (excludes halogenated alkanes) is 1. The van der Waals surface area contributed by atoms with Gasteiger partial charge in [0.2, 0.25) is 0 Å². The summed E-state index contributed by atoms with van der Waals surface area (Å²) in [6, 6.07) is 5.37. The Hall–Kier alpha value is -1.69. The summed E-state index contributed by atoms with van der Waals surface area (Å²) >= 11 is 1.82. The monoisotopic (exact) mass is 278 g/mol. The van der Waals surface area contributed by atoms with E-state index in [1.807, 2.05) is 17.8 Å². The lowest BCUT2D eigenvalue weighted by molar-refractivity contribution is 0.0950. The van der Waals surface area contributed by atoms with Crippen LogP contribution in [-0.2, 0) is 0 Å². The van der Waals surface area contributed by atoms with Gasteiger partial charge in [-0.2, -0.15) is 16.9 Å². The minimum atomic E-state index is -0.152. The second kappa shape index (κ2) is 6.47. The number of H-pyrrole nitrogens is 1. The minimum absolute atomic E-state index is 0.152. The molecule has 4 N–H and O–H groups in total. The first kappa shape index (κ1) is 13.7. The number of nitrogens with zero attached hydrogens (tertiary/aromatic N) is 1. The van der Waals surface area contributed by atoms with Crippen molar-refractivity contribution in [2.75, 3.05) is 24.3 Å². The molecule has 0 saturated heterocycles. The summed E-state index contributed by atoms with van der Waals surface area (Å²) in [5, 5.41) is 10.5. The standard InChI is InChI=1S/C13H18N4OS/c1-19-7-3-2-6-15-13(18)12-10-8-9(14)4-5-11(10)16-17-12/h4-5,8H,2-3,6-7,14H2,1H3,(H,15,18)(H,16,17). The molecule has 0 spiro atoms. The quantitative estimate of drug-likeness (QED) is 0.557. The van der Waals surface area contributed by atoms with Crippen molar-refractivity contribution in [1.82, 2.24) is 15.5 Å². The fourth-order valence-corrected chi connectivity index (χ4v) is 2.35. The van der Waals surface area contributed by atoms with Crippen LogP contribution in [0.4, 0.5) is 5.69 Å². The number of fused-ring (bicyclic) bond motifs is 1. The Bertz CT molecular complexity index is 567. The van der Waals surface area contributed by atoms with Gasteiger partial charge in [0.25, 0.3) is 5.91 Å². The zero-order valence-corrected chi connectivity index (χ0v) is 11.7. The van der Waals surface area contributed by atoms with Crippen LogP contribution in [0.3, 0.4) is 0 Å². The molecule has 1 aromatic carbocycles. The van der Waals surface area contributed by atoms with E-state index in [1.54, 1.807) is 12.1 Å². The Morgan fingerprint density at radius 2 is 2.32 bits per heavy atom. The fourth-order valence-electron chi connectivity index (χ4n) is 1.86. The van der Waals surface area contributed by atoms with E-state index in [1.165, 1.54) is 0 Å². The van der Waals surface area contributed by atoms with E-state index in [9.17, 15) is 4.79 Å². The number of aromatic nitrogens is 2. The summed E-state index contributed by atoms with van der Waals surface area (Å²) in [7, 11) is 0. The topological polar surface area (TPSA) is 83.8 Å². The Morgan fingerprint density at radius 3 is 3.11 bits per heavy atom. The third-order valence-corrected chi connectivity index (χ3v) is 3.56. The maximum atomic E-state index is 12.0. The number of thioether (sulfide) groups is 1. The number of anilines is 1. The highest BCUT2D eigenvalue weighted by atomic mass is 32.2. The largest absolute Gasteiger partial charge is 0.399 e. The van der Waals surface area contributed by atoms with Crippen LogP contribution in [0, 0.1) is 0 Å². The van der Waals surface area contributed by atoms with E-state index in [0.29, 0.717) is 17.9 Å². The number of nitrogen functional groups attached to an aromatic ring is 1. The molecular formula is C13H18N4OS. The number of hydrogen-bond donors (Lipinski definition) is 3. The molecule has 0 atom stereocenters. The zero-order valence-electron chi connectivity index (χ0n) is 10.9. The van der Waals surface area contributed by atoms with Gasteiger partial charge in [0.15, 0.2) is 5.69 Å². The average Bonchev–Trinajstić information content (AvgIpc) is 2.81. The van der Waals surface area contributed by atoms with E-state index in [2.05, 4.69) is 21.8 Å². The zero-order chi connectivity index (χ0) is 13.7. The lowest BCUT2D eigenvalue weighted by Gasteiger charge is -2.03. The normalized spacial score (nSPS) is 10.8. The van der Waals surface area contributed by atoms with Crippen LogP contribution >= 0.6 is 11.8 Å². The Morgan fingerprint density at radius 1 is 1.47 bits per heavy atom. The van der Waals surface area contributed by atoms with Gasteiger partial charge >= 0.3 is 0 Å². The predicted octanol–water partition coefficient (Wildman–Crippen LogP) is 2.02. The van der Waals surface area contributed by atoms with Crippen LogP contribution in [0.15, 0.2) is 18.2 Å². The SMILES string of the molecule is CSCCCCNC(=O)c1n[nH]c2ccc(N)cc12. The number of nitrogens with two attached hydrogens (primary N) is 1. The highest BCUT2D eigenvalue weighted by Gasteiger charge is 2.13. The number of carbonyl (C=O) groups excluding carboxylic acids is 1. The van der Waals surface area contributed by atoms with Crippen molar-refractivity contribution in [2.45, 2.75) is 12.8 Å². The van der Waals surface area contributed by atoms with E-state index >= 15 is 0 Å². The maximum Gasteiger partial charge on any atom is 0.272 e. The molecule has 19 heavy (non-hydrogen) atoms. The van der Waals surface area contributed by atoms with Gasteiger partial charge in [-0.25, -0.2) is 0 Å². The van der Waals surface area contributed by atoms with Crippen molar-refractivity contribution in [2.24, 2.45) is 0 Å². The number of nitrogens with one attached hydrogen (secondary N) is 2. The van der Waals surface area contributed by atoms with Crippen LogP contribution in [0.25, 0.3) is 10.9 Å². The number of aromatic amines is 1. The van der Waals surface area contributed by atoms with Crippen LogP contribution < -0.4 is 11.1 Å². The second-order valence-corrected chi connectivity index (χ2v) is 5.32. The van der Waals surface area contributed by atoms with Gasteiger partial charge < -0.3 is 11.1 Å². The van der Waals surface area contributed by atoms with Gasteiger partial charge in [0.1, 0.15) is 0 Å². The van der Waals surface area contributed by atoms with Crippen molar-refractivity contribution >= 4 is 34.3 Å². The van der Waals surface area contributed by atoms with Gasteiger partial charge in [0, 0.05) is 17.6 Å². The average molecular weight is 278 g/mol. The molecule has 0 saturated carbocycles. The first-order valence-electron chi connectivity index (χ1n) is 6.23. The van der Waals surface area contributed by atoms with Crippen molar-refractivity contribution in [3.63, 3.8) is 0 Å². The third-order valence-electron chi connectivity index (χ3n) is 2.86. The predicted molar refractivity (Wildman–Crippen MR) is 80.5 cm³/mol. The second-order valence-electron chi connectivity index (χ2n) is 4.33. The summed E-state index contributed by atoms with van der Waals surface area (Å²) in [5.41, 5.74) is 7.59. The fraction of sp³-hybridized carbons (Fsp3) is 0.385. The van der Waals surface area contributed by atoms with E-state index in [4.69, 9.17) is 5.73 Å². The molecule has 0 aliphatic rings. The van der Waals surface area contributed by atoms with Crippen molar-refractivity contribution in [3.8, 4) is 0 Å². The van der Waals surface area contributed by atoms with Crippen LogP contribution in [0.1, 0.15) is 23.3 Å². The van der Waals surface area contributed by atoms with Crippen LogP contribution in [0.2, 0.25) is 0 Å². The highest BCUT2D eigenvalue weighted by Crippen LogP contribution is 2.18. The molecule has 2 rings (SSSR count). The smallest absolute Gasteiger partial charge is 0.272 e.